The van der Waals surface area contributed by atoms with E-state index in [2.05, 4.69) is 0 Å². The second kappa shape index (κ2) is 5.72. The quantitative estimate of drug-likeness (QED) is 0.717. The highest BCUT2D eigenvalue weighted by molar-refractivity contribution is 5.76. The molecule has 4 nitrogen and oxygen atoms in total. The number of anilines is 1. The summed E-state index contributed by atoms with van der Waals surface area (Å²) in [6.45, 7) is -0.279. The Morgan fingerprint density at radius 2 is 1.89 bits per heavy atom. The van der Waals surface area contributed by atoms with Gasteiger partial charge in [-0.3, -0.25) is 4.79 Å². The van der Waals surface area contributed by atoms with E-state index in [4.69, 9.17) is 5.73 Å². The molecule has 0 saturated heterocycles. The number of halogens is 3. The van der Waals surface area contributed by atoms with Crippen molar-refractivity contribution in [2.75, 3.05) is 12.3 Å². The van der Waals surface area contributed by atoms with Gasteiger partial charge in [0.25, 0.3) is 0 Å². The van der Waals surface area contributed by atoms with Crippen LogP contribution in [0.15, 0.2) is 24.3 Å². The van der Waals surface area contributed by atoms with Gasteiger partial charge < -0.3 is 16.2 Å². The van der Waals surface area contributed by atoms with Crippen molar-refractivity contribution in [3.8, 4) is 0 Å². The molecule has 0 aromatic heterocycles. The summed E-state index contributed by atoms with van der Waals surface area (Å²) >= 11 is 0. The maximum Gasteiger partial charge on any atom is 0.397 e. The Morgan fingerprint density at radius 1 is 1.33 bits per heavy atom. The minimum Gasteiger partial charge on any atom is -0.399 e. The van der Waals surface area contributed by atoms with Gasteiger partial charge in [-0.1, -0.05) is 12.1 Å². The van der Waals surface area contributed by atoms with Gasteiger partial charge in [-0.15, -0.1) is 0 Å². The summed E-state index contributed by atoms with van der Waals surface area (Å²) < 4.78 is 35.6. The standard InChI is InChI=1S/C11H13F3N2O2/c12-11(13,14)5-10(18)16-6-9(17)7-1-3-8(15)4-2-7/h1-4,9,17H,5-6,15H2,(H,16,18). The SMILES string of the molecule is Nc1ccc(C(O)CNC(=O)CC(F)(F)F)cc1. The lowest BCUT2D eigenvalue weighted by atomic mass is 10.1. The van der Waals surface area contributed by atoms with Gasteiger partial charge in [0.05, 0.1) is 6.10 Å². The Labute approximate surface area is 102 Å². The van der Waals surface area contributed by atoms with Crippen molar-refractivity contribution < 1.29 is 23.1 Å². The van der Waals surface area contributed by atoms with Crippen LogP contribution in [0.4, 0.5) is 18.9 Å². The van der Waals surface area contributed by atoms with Crippen LogP contribution < -0.4 is 11.1 Å². The number of amides is 1. The third-order valence-corrected chi connectivity index (χ3v) is 2.17. The first-order valence-electron chi connectivity index (χ1n) is 5.15. The van der Waals surface area contributed by atoms with Crippen LogP contribution in [-0.2, 0) is 4.79 Å². The first-order valence-corrected chi connectivity index (χ1v) is 5.15. The molecular weight excluding hydrogens is 249 g/mol. The lowest BCUT2D eigenvalue weighted by Crippen LogP contribution is -2.31. The van der Waals surface area contributed by atoms with Crippen LogP contribution in [0.25, 0.3) is 0 Å². The predicted octanol–water partition coefficient (Wildman–Crippen LogP) is 1.37. The molecule has 1 aromatic rings. The van der Waals surface area contributed by atoms with Crippen LogP contribution in [0.3, 0.4) is 0 Å². The molecule has 1 amide bonds. The number of nitrogens with one attached hydrogen (secondary N) is 1. The molecule has 1 unspecified atom stereocenters. The third-order valence-electron chi connectivity index (χ3n) is 2.17. The molecule has 1 aromatic carbocycles. The second-order valence-corrected chi connectivity index (χ2v) is 3.78. The summed E-state index contributed by atoms with van der Waals surface area (Å²) in [5.41, 5.74) is 6.42. The van der Waals surface area contributed by atoms with Crippen molar-refractivity contribution >= 4 is 11.6 Å². The van der Waals surface area contributed by atoms with Crippen molar-refractivity contribution in [3.63, 3.8) is 0 Å². The molecule has 0 aliphatic carbocycles. The topological polar surface area (TPSA) is 75.3 Å². The molecule has 0 spiro atoms. The number of hydrogen-bond acceptors (Lipinski definition) is 3. The molecule has 0 bridgehead atoms. The van der Waals surface area contributed by atoms with E-state index in [1.165, 1.54) is 12.1 Å². The Balaban J connectivity index is 2.44. The zero-order valence-electron chi connectivity index (χ0n) is 9.37. The Kier molecular flexibility index (Phi) is 4.55. The van der Waals surface area contributed by atoms with Crippen LogP contribution in [0, 0.1) is 0 Å². The van der Waals surface area contributed by atoms with Crippen molar-refractivity contribution in [1.82, 2.24) is 5.32 Å². The van der Waals surface area contributed by atoms with Crippen LogP contribution in [0.2, 0.25) is 0 Å². The number of benzene rings is 1. The minimum absolute atomic E-state index is 0.279. The number of aliphatic hydroxyl groups is 1. The summed E-state index contributed by atoms with van der Waals surface area (Å²) in [5, 5.41) is 11.6. The fourth-order valence-electron chi connectivity index (χ4n) is 1.29. The molecule has 100 valence electrons. The largest absolute Gasteiger partial charge is 0.399 e. The van der Waals surface area contributed by atoms with Crippen LogP contribution in [0.5, 0.6) is 0 Å². The van der Waals surface area contributed by atoms with Gasteiger partial charge in [0.1, 0.15) is 6.42 Å². The molecule has 0 aliphatic heterocycles. The number of carbonyl (C=O) groups is 1. The molecule has 0 saturated carbocycles. The van der Waals surface area contributed by atoms with Gasteiger partial charge in [0.15, 0.2) is 0 Å². The van der Waals surface area contributed by atoms with Crippen LogP contribution in [0.1, 0.15) is 18.1 Å². The van der Waals surface area contributed by atoms with Gasteiger partial charge in [-0.2, -0.15) is 13.2 Å². The first kappa shape index (κ1) is 14.3. The average Bonchev–Trinajstić information content (AvgIpc) is 2.24. The monoisotopic (exact) mass is 262 g/mol. The lowest BCUT2D eigenvalue weighted by molar-refractivity contribution is -0.154. The fraction of sp³-hybridized carbons (Fsp3) is 0.364. The van der Waals surface area contributed by atoms with E-state index < -0.39 is 24.6 Å². The molecule has 18 heavy (non-hydrogen) atoms. The van der Waals surface area contributed by atoms with Gasteiger partial charge in [0.2, 0.25) is 5.91 Å². The summed E-state index contributed by atoms with van der Waals surface area (Å²) in [4.78, 5) is 10.9. The van der Waals surface area contributed by atoms with Crippen molar-refractivity contribution in [3.05, 3.63) is 29.8 Å². The Bertz CT molecular complexity index is 404. The molecule has 0 fully saturated rings. The highest BCUT2D eigenvalue weighted by atomic mass is 19.4. The van der Waals surface area contributed by atoms with Gasteiger partial charge in [0, 0.05) is 12.2 Å². The Hall–Kier alpha value is -1.76. The lowest BCUT2D eigenvalue weighted by Gasteiger charge is -2.13. The number of alkyl halides is 3. The summed E-state index contributed by atoms with van der Waals surface area (Å²) in [6, 6.07) is 6.18. The number of nitrogen functional groups attached to an aromatic ring is 1. The fourth-order valence-corrected chi connectivity index (χ4v) is 1.29. The molecule has 0 aliphatic rings. The number of aliphatic hydroxyl groups excluding tert-OH is 1. The van der Waals surface area contributed by atoms with E-state index in [1.807, 2.05) is 5.32 Å². The van der Waals surface area contributed by atoms with E-state index in [9.17, 15) is 23.1 Å². The minimum atomic E-state index is -4.55. The molecule has 0 radical (unpaired) electrons. The van der Waals surface area contributed by atoms with Gasteiger partial charge in [-0.05, 0) is 17.7 Å². The smallest absolute Gasteiger partial charge is 0.397 e. The summed E-state index contributed by atoms with van der Waals surface area (Å²) in [5.74, 6) is -1.17. The molecule has 4 N–H and O–H groups in total. The molecule has 1 atom stereocenters. The molecule has 1 rings (SSSR count). The maximum atomic E-state index is 11.9. The van der Waals surface area contributed by atoms with E-state index in [1.54, 1.807) is 12.1 Å². The number of carbonyl (C=O) groups excluding carboxylic acids is 1. The van der Waals surface area contributed by atoms with E-state index in [-0.39, 0.29) is 6.54 Å². The van der Waals surface area contributed by atoms with E-state index in [0.717, 1.165) is 0 Å². The van der Waals surface area contributed by atoms with Crippen LogP contribution >= 0.6 is 0 Å². The zero-order chi connectivity index (χ0) is 13.8. The number of hydrogen-bond donors (Lipinski definition) is 3. The van der Waals surface area contributed by atoms with Crippen LogP contribution in [-0.4, -0.2) is 23.7 Å². The van der Waals surface area contributed by atoms with Crippen molar-refractivity contribution in [1.29, 1.82) is 0 Å². The average molecular weight is 262 g/mol. The number of rotatable bonds is 4. The van der Waals surface area contributed by atoms with Gasteiger partial charge >= 0.3 is 6.18 Å². The van der Waals surface area contributed by atoms with E-state index in [0.29, 0.717) is 11.3 Å². The second-order valence-electron chi connectivity index (χ2n) is 3.78. The molecule has 7 heteroatoms. The summed E-state index contributed by atoms with van der Waals surface area (Å²) in [6.07, 6.45) is -7.17. The van der Waals surface area contributed by atoms with Gasteiger partial charge in [-0.25, -0.2) is 0 Å². The van der Waals surface area contributed by atoms with Crippen molar-refractivity contribution in [2.45, 2.75) is 18.7 Å². The zero-order valence-corrected chi connectivity index (χ0v) is 9.37. The third kappa shape index (κ3) is 5.05. The summed E-state index contributed by atoms with van der Waals surface area (Å²) in [7, 11) is 0. The molecular formula is C11H13F3N2O2. The number of nitrogens with two attached hydrogens (primary N) is 1. The molecule has 0 heterocycles. The highest BCUT2D eigenvalue weighted by Gasteiger charge is 2.31. The first-order chi connectivity index (χ1) is 8.28. The van der Waals surface area contributed by atoms with E-state index >= 15 is 0 Å². The Morgan fingerprint density at radius 3 is 2.39 bits per heavy atom. The highest BCUT2D eigenvalue weighted by Crippen LogP contribution is 2.19. The van der Waals surface area contributed by atoms with Crippen molar-refractivity contribution in [2.24, 2.45) is 0 Å². The predicted molar refractivity (Wildman–Crippen MR) is 59.5 cm³/mol. The maximum absolute atomic E-state index is 11.9. The normalized spacial score (nSPS) is 13.1.